The summed E-state index contributed by atoms with van der Waals surface area (Å²) >= 11 is 0. The van der Waals surface area contributed by atoms with E-state index < -0.39 is 0 Å². The van der Waals surface area contributed by atoms with E-state index in [-0.39, 0.29) is 18.1 Å². The van der Waals surface area contributed by atoms with Crippen LogP contribution in [0.15, 0.2) is 36.2 Å². The Morgan fingerprint density at radius 1 is 1.49 bits per heavy atom. The van der Waals surface area contributed by atoms with Gasteiger partial charge in [0.1, 0.15) is 29.8 Å². The Bertz CT molecular complexity index is 1200. The molecule has 2 aromatic rings. The maximum atomic E-state index is 11.9. The minimum absolute atomic E-state index is 0.0620. The molecule has 1 aromatic heterocycles. The molecular weight excluding hydrogens is 444 g/mol. The Hall–Kier alpha value is -3.74. The predicted octanol–water partition coefficient (Wildman–Crippen LogP) is 3.31. The first-order chi connectivity index (χ1) is 16.9. The van der Waals surface area contributed by atoms with Crippen molar-refractivity contribution in [3.63, 3.8) is 0 Å². The molecule has 1 saturated heterocycles. The molecule has 3 heterocycles. The molecule has 35 heavy (non-hydrogen) atoms. The van der Waals surface area contributed by atoms with Crippen LogP contribution in [0.2, 0.25) is 0 Å². The largest absolute Gasteiger partial charge is 0.489 e. The molecule has 9 nitrogen and oxygen atoms in total. The second kappa shape index (κ2) is 10.7. The third kappa shape index (κ3) is 5.50. The van der Waals surface area contributed by atoms with Gasteiger partial charge >= 0.3 is 5.97 Å². The molecule has 0 radical (unpaired) electrons. The van der Waals surface area contributed by atoms with Crippen molar-refractivity contribution in [1.29, 1.82) is 10.7 Å². The van der Waals surface area contributed by atoms with Crippen LogP contribution in [0.1, 0.15) is 52.5 Å². The van der Waals surface area contributed by atoms with Crippen LogP contribution >= 0.6 is 0 Å². The molecule has 3 N–H and O–H groups in total. The molecule has 2 aliphatic heterocycles. The smallest absolute Gasteiger partial charge is 0.338 e. The summed E-state index contributed by atoms with van der Waals surface area (Å²) in [4.78, 5) is 18.4. The number of anilines is 1. The first kappa shape index (κ1) is 24.4. The molecule has 2 aliphatic rings. The summed E-state index contributed by atoms with van der Waals surface area (Å²) in [6.07, 6.45) is 4.52. The van der Waals surface area contributed by atoms with E-state index in [1.807, 2.05) is 32.9 Å². The number of piperazine rings is 1. The van der Waals surface area contributed by atoms with Crippen LogP contribution in [0.5, 0.6) is 5.75 Å². The lowest BCUT2D eigenvalue weighted by Crippen LogP contribution is -2.46. The molecule has 0 bridgehead atoms. The number of nitriles is 1. The second-order valence-corrected chi connectivity index (χ2v) is 8.98. The van der Waals surface area contributed by atoms with E-state index in [2.05, 4.69) is 26.6 Å². The van der Waals surface area contributed by atoms with Gasteiger partial charge in [-0.25, -0.2) is 9.78 Å². The maximum absolute atomic E-state index is 11.9. The number of nitrogens with one attached hydrogen (secondary N) is 3. The number of hydrogen-bond acceptors (Lipinski definition) is 9. The molecule has 1 aromatic carbocycles. The number of fused-ring (bicyclic) bond motifs is 1. The summed E-state index contributed by atoms with van der Waals surface area (Å²) in [6, 6.07) is 7.80. The molecule has 0 spiro atoms. The molecule has 1 fully saturated rings. The Morgan fingerprint density at radius 2 is 2.31 bits per heavy atom. The third-order valence-corrected chi connectivity index (χ3v) is 6.19. The summed E-state index contributed by atoms with van der Waals surface area (Å²) in [7, 11) is 0. The topological polar surface area (TPSA) is 123 Å². The van der Waals surface area contributed by atoms with Gasteiger partial charge in [-0.1, -0.05) is 6.07 Å². The number of aromatic nitrogens is 1. The Kier molecular flexibility index (Phi) is 7.44. The zero-order chi connectivity index (χ0) is 24.9. The minimum atomic E-state index is -0.249. The van der Waals surface area contributed by atoms with E-state index in [0.717, 1.165) is 36.3 Å². The number of benzene rings is 1. The number of carbonyl (C=O) groups excluding carboxylic acids is 1. The number of hydrogen-bond donors (Lipinski definition) is 3. The van der Waals surface area contributed by atoms with Crippen LogP contribution in [-0.4, -0.2) is 54.4 Å². The fraction of sp³-hybridized carbons (Fsp3) is 0.385. The molecule has 0 unspecified atom stereocenters. The highest BCUT2D eigenvalue weighted by molar-refractivity contribution is 5.94. The van der Waals surface area contributed by atoms with E-state index in [4.69, 9.17) is 14.9 Å². The van der Waals surface area contributed by atoms with Crippen LogP contribution in [0.4, 0.5) is 5.82 Å². The van der Waals surface area contributed by atoms with E-state index in [1.165, 1.54) is 18.0 Å². The summed E-state index contributed by atoms with van der Waals surface area (Å²) < 4.78 is 10.9. The summed E-state index contributed by atoms with van der Waals surface area (Å²) in [6.45, 7) is 9.25. The molecule has 0 aliphatic carbocycles. The van der Waals surface area contributed by atoms with Crippen LogP contribution in [0.3, 0.4) is 0 Å². The van der Waals surface area contributed by atoms with Crippen LogP contribution in [0.25, 0.3) is 0 Å². The minimum Gasteiger partial charge on any atom is -0.489 e. The first-order valence-electron chi connectivity index (χ1n) is 11.7. The number of pyridine rings is 1. The van der Waals surface area contributed by atoms with Gasteiger partial charge in [-0.05, 0) is 43.5 Å². The maximum Gasteiger partial charge on any atom is 0.338 e. The molecule has 0 saturated carbocycles. The lowest BCUT2D eigenvalue weighted by atomic mass is 9.93. The fourth-order valence-corrected chi connectivity index (χ4v) is 4.42. The predicted molar refractivity (Wildman–Crippen MR) is 133 cm³/mol. The highest BCUT2D eigenvalue weighted by Crippen LogP contribution is 2.30. The fourth-order valence-electron chi connectivity index (χ4n) is 4.42. The zero-order valence-electron chi connectivity index (χ0n) is 20.2. The van der Waals surface area contributed by atoms with Crippen molar-refractivity contribution in [1.82, 2.24) is 15.2 Å². The van der Waals surface area contributed by atoms with Gasteiger partial charge in [-0.2, -0.15) is 5.26 Å². The quantitative estimate of drug-likeness (QED) is 0.393. The summed E-state index contributed by atoms with van der Waals surface area (Å²) in [5.41, 5.74) is 5.09. The number of ether oxygens (including phenoxy) is 2. The number of carbonyl (C=O) groups is 1. The normalized spacial score (nSPS) is 18.1. The number of nitrogens with zero attached hydrogens (tertiary/aromatic N) is 3. The molecule has 1 atom stereocenters. The second-order valence-electron chi connectivity index (χ2n) is 8.98. The first-order valence-corrected chi connectivity index (χ1v) is 11.7. The van der Waals surface area contributed by atoms with Crippen molar-refractivity contribution in [3.8, 4) is 11.8 Å². The average molecular weight is 475 g/mol. The van der Waals surface area contributed by atoms with E-state index >= 15 is 0 Å². The highest BCUT2D eigenvalue weighted by Gasteiger charge is 2.28. The Labute approximate surface area is 205 Å². The van der Waals surface area contributed by atoms with E-state index in [0.29, 0.717) is 35.8 Å². The Balaban J connectivity index is 1.43. The number of rotatable bonds is 8. The third-order valence-electron chi connectivity index (χ3n) is 6.19. The van der Waals surface area contributed by atoms with Crippen molar-refractivity contribution >= 4 is 18.0 Å². The van der Waals surface area contributed by atoms with Crippen molar-refractivity contribution in [2.24, 2.45) is 0 Å². The van der Waals surface area contributed by atoms with E-state index in [1.54, 1.807) is 12.3 Å². The van der Waals surface area contributed by atoms with Crippen molar-refractivity contribution < 1.29 is 14.3 Å². The van der Waals surface area contributed by atoms with Gasteiger partial charge in [0.15, 0.2) is 0 Å². The zero-order valence-corrected chi connectivity index (χ0v) is 20.2. The van der Waals surface area contributed by atoms with E-state index in [9.17, 15) is 10.1 Å². The van der Waals surface area contributed by atoms with Crippen molar-refractivity contribution in [2.45, 2.75) is 39.5 Å². The summed E-state index contributed by atoms with van der Waals surface area (Å²) in [5, 5.41) is 23.9. The monoisotopic (exact) mass is 474 g/mol. The van der Waals surface area contributed by atoms with Gasteiger partial charge in [0, 0.05) is 56.3 Å². The molecule has 0 amide bonds. The van der Waals surface area contributed by atoms with Crippen LogP contribution < -0.4 is 15.4 Å². The van der Waals surface area contributed by atoms with Crippen molar-refractivity contribution in [3.05, 3.63) is 64.0 Å². The van der Waals surface area contributed by atoms with Gasteiger partial charge in [-0.15, -0.1) is 0 Å². The van der Waals surface area contributed by atoms with Gasteiger partial charge in [0.25, 0.3) is 0 Å². The number of cyclic esters (lactones) is 1. The summed E-state index contributed by atoms with van der Waals surface area (Å²) in [5.74, 6) is 0.773. The van der Waals surface area contributed by atoms with Crippen molar-refractivity contribution in [2.75, 3.05) is 31.5 Å². The number of esters is 1. The molecule has 182 valence electrons. The molecular formula is C26H30N6O3. The molecule has 4 rings (SSSR count). The lowest BCUT2D eigenvalue weighted by molar-refractivity contribution is 0.0535. The van der Waals surface area contributed by atoms with Gasteiger partial charge in [0.2, 0.25) is 0 Å². The van der Waals surface area contributed by atoms with Gasteiger partial charge in [0.05, 0.1) is 17.9 Å². The lowest BCUT2D eigenvalue weighted by Gasteiger charge is -2.35. The highest BCUT2D eigenvalue weighted by atomic mass is 16.5. The van der Waals surface area contributed by atoms with Crippen LogP contribution in [0, 0.1) is 23.7 Å². The van der Waals surface area contributed by atoms with Gasteiger partial charge in [-0.3, -0.25) is 4.90 Å². The standard InChI is InChI=1S/C26H30N6O3/c1-16(2)35-24-8-25(31-12-19(24)10-28)30-11-18(9-27)13-32-7-6-29-23(14-32)20-4-5-21-22(17(20)3)15-34-26(21)33/h4-5,8-9,11-12,16,23,27,29H,6-7,13-15H2,1-3H3,(H,30,31)/b18-11+,27-9?/t23-/m0/s1. The molecule has 9 heteroatoms. The SMILES string of the molecule is Cc1c([C@@H]2CN(C/C(C=N)=C/Nc3cc(OC(C)C)c(C#N)cn3)CCN2)ccc2c1COC2=O. The van der Waals surface area contributed by atoms with Crippen LogP contribution in [-0.2, 0) is 11.3 Å². The Morgan fingerprint density at radius 3 is 3.06 bits per heavy atom. The van der Waals surface area contributed by atoms with Gasteiger partial charge < -0.3 is 25.5 Å². The average Bonchev–Trinajstić information content (AvgIpc) is 3.23.